The van der Waals surface area contributed by atoms with Crippen molar-refractivity contribution in [2.24, 2.45) is 0 Å². The molecular formula is C12H22N2S2. The predicted molar refractivity (Wildman–Crippen MR) is 75.9 cm³/mol. The number of thioether (sulfide) groups is 1. The number of likely N-dealkylation sites (tertiary alicyclic amines) is 2. The molecule has 0 spiro atoms. The molecule has 4 heteroatoms. The molecule has 0 radical (unpaired) electrons. The highest BCUT2D eigenvalue weighted by Crippen LogP contribution is 2.18. The standard InChI is InChI=1S/C12H22N2S2/c15-12(14-9-5-2-6-10-14)16-11-13-7-3-1-4-8-13/h1-11H2. The van der Waals surface area contributed by atoms with E-state index in [-0.39, 0.29) is 0 Å². The maximum Gasteiger partial charge on any atom is 0.137 e. The Morgan fingerprint density at radius 3 is 2.06 bits per heavy atom. The van der Waals surface area contributed by atoms with Crippen molar-refractivity contribution in [3.05, 3.63) is 0 Å². The fourth-order valence-corrected chi connectivity index (χ4v) is 3.66. The van der Waals surface area contributed by atoms with Crippen LogP contribution < -0.4 is 0 Å². The first-order valence-corrected chi connectivity index (χ1v) is 7.90. The molecule has 16 heavy (non-hydrogen) atoms. The molecule has 2 fully saturated rings. The molecule has 0 aromatic heterocycles. The van der Waals surface area contributed by atoms with Crippen LogP contribution in [0.5, 0.6) is 0 Å². The van der Waals surface area contributed by atoms with Gasteiger partial charge in [-0.2, -0.15) is 0 Å². The largest absolute Gasteiger partial charge is 0.357 e. The second kappa shape index (κ2) is 6.82. The van der Waals surface area contributed by atoms with Gasteiger partial charge < -0.3 is 4.90 Å². The summed E-state index contributed by atoms with van der Waals surface area (Å²) in [6.45, 7) is 4.92. The van der Waals surface area contributed by atoms with Crippen molar-refractivity contribution in [2.45, 2.75) is 38.5 Å². The van der Waals surface area contributed by atoms with E-state index >= 15 is 0 Å². The summed E-state index contributed by atoms with van der Waals surface area (Å²) in [5.74, 6) is 1.11. The number of hydrogen-bond donors (Lipinski definition) is 0. The monoisotopic (exact) mass is 258 g/mol. The maximum atomic E-state index is 5.50. The van der Waals surface area contributed by atoms with E-state index in [4.69, 9.17) is 12.2 Å². The highest BCUT2D eigenvalue weighted by Gasteiger charge is 2.16. The van der Waals surface area contributed by atoms with Gasteiger partial charge in [-0.1, -0.05) is 30.4 Å². The predicted octanol–water partition coefficient (Wildman–Crippen LogP) is 2.93. The molecule has 2 rings (SSSR count). The summed E-state index contributed by atoms with van der Waals surface area (Å²) >= 11 is 7.38. The van der Waals surface area contributed by atoms with Crippen LogP contribution in [0, 0.1) is 0 Å². The third-order valence-corrected chi connectivity index (χ3v) is 5.04. The highest BCUT2D eigenvalue weighted by atomic mass is 32.2. The normalized spacial score (nSPS) is 23.4. The van der Waals surface area contributed by atoms with Gasteiger partial charge in [-0.05, 0) is 45.2 Å². The first kappa shape index (κ1) is 12.7. The van der Waals surface area contributed by atoms with Crippen molar-refractivity contribution in [3.8, 4) is 0 Å². The van der Waals surface area contributed by atoms with Crippen molar-refractivity contribution in [1.82, 2.24) is 9.80 Å². The summed E-state index contributed by atoms with van der Waals surface area (Å²) in [7, 11) is 0. The van der Waals surface area contributed by atoms with E-state index in [1.807, 2.05) is 11.8 Å². The summed E-state index contributed by atoms with van der Waals surface area (Å²) in [5.41, 5.74) is 0. The SMILES string of the molecule is S=C(SCN1CCCCC1)N1CCCCC1. The lowest BCUT2D eigenvalue weighted by Crippen LogP contribution is -2.35. The fraction of sp³-hybridized carbons (Fsp3) is 0.917. The van der Waals surface area contributed by atoms with Crippen molar-refractivity contribution >= 4 is 28.3 Å². The molecule has 2 aliphatic heterocycles. The number of piperidine rings is 2. The minimum atomic E-state index is 1.11. The molecule has 0 aromatic carbocycles. The van der Waals surface area contributed by atoms with Gasteiger partial charge in [0, 0.05) is 13.1 Å². The Morgan fingerprint density at radius 1 is 0.875 bits per heavy atom. The smallest absolute Gasteiger partial charge is 0.137 e. The van der Waals surface area contributed by atoms with Crippen LogP contribution in [0.3, 0.4) is 0 Å². The lowest BCUT2D eigenvalue weighted by molar-refractivity contribution is 0.266. The zero-order valence-electron chi connectivity index (χ0n) is 9.99. The quantitative estimate of drug-likeness (QED) is 0.702. The van der Waals surface area contributed by atoms with E-state index < -0.39 is 0 Å². The van der Waals surface area contributed by atoms with E-state index in [2.05, 4.69) is 9.80 Å². The lowest BCUT2D eigenvalue weighted by Gasteiger charge is -2.31. The Balaban J connectivity index is 1.65. The molecule has 92 valence electrons. The third-order valence-electron chi connectivity index (χ3n) is 3.43. The molecule has 0 aliphatic carbocycles. The van der Waals surface area contributed by atoms with Crippen LogP contribution in [0.4, 0.5) is 0 Å². The van der Waals surface area contributed by atoms with Crippen LogP contribution in [0.15, 0.2) is 0 Å². The van der Waals surface area contributed by atoms with Gasteiger partial charge in [-0.15, -0.1) is 0 Å². The van der Waals surface area contributed by atoms with Gasteiger partial charge in [0.25, 0.3) is 0 Å². The number of nitrogens with zero attached hydrogens (tertiary/aromatic N) is 2. The fourth-order valence-electron chi connectivity index (χ4n) is 2.40. The molecule has 0 unspecified atom stereocenters. The summed E-state index contributed by atoms with van der Waals surface area (Å²) in [6.07, 6.45) is 8.19. The first-order chi connectivity index (χ1) is 7.86. The second-order valence-corrected chi connectivity index (χ2v) is 6.34. The van der Waals surface area contributed by atoms with Gasteiger partial charge in [-0.25, -0.2) is 0 Å². The van der Waals surface area contributed by atoms with Crippen LogP contribution in [0.25, 0.3) is 0 Å². The van der Waals surface area contributed by atoms with E-state index in [0.717, 1.165) is 10.2 Å². The third kappa shape index (κ3) is 3.90. The van der Waals surface area contributed by atoms with Crippen LogP contribution in [-0.2, 0) is 0 Å². The van der Waals surface area contributed by atoms with Crippen LogP contribution >= 0.6 is 24.0 Å². The van der Waals surface area contributed by atoms with E-state index in [1.54, 1.807) is 0 Å². The molecule has 0 atom stereocenters. The van der Waals surface area contributed by atoms with Crippen molar-refractivity contribution in [2.75, 3.05) is 32.1 Å². The molecule has 0 N–H and O–H groups in total. The lowest BCUT2D eigenvalue weighted by atomic mass is 10.1. The maximum absolute atomic E-state index is 5.50. The average molecular weight is 258 g/mol. The minimum absolute atomic E-state index is 1.11. The molecule has 2 saturated heterocycles. The molecular weight excluding hydrogens is 236 g/mol. The summed E-state index contributed by atoms with van der Waals surface area (Å²) < 4.78 is 1.13. The Labute approximate surface area is 109 Å². The van der Waals surface area contributed by atoms with Crippen molar-refractivity contribution in [1.29, 1.82) is 0 Å². The van der Waals surface area contributed by atoms with Gasteiger partial charge in [0.1, 0.15) is 4.32 Å². The average Bonchev–Trinajstić information content (AvgIpc) is 2.38. The Morgan fingerprint density at radius 2 is 1.44 bits per heavy atom. The van der Waals surface area contributed by atoms with Crippen molar-refractivity contribution < 1.29 is 0 Å². The van der Waals surface area contributed by atoms with Gasteiger partial charge in [0.15, 0.2) is 0 Å². The number of hydrogen-bond acceptors (Lipinski definition) is 3. The Hall–Kier alpha value is 0.200. The summed E-state index contributed by atoms with van der Waals surface area (Å²) in [6, 6.07) is 0. The van der Waals surface area contributed by atoms with E-state index in [0.29, 0.717) is 0 Å². The topological polar surface area (TPSA) is 6.48 Å². The van der Waals surface area contributed by atoms with Crippen LogP contribution in [0.2, 0.25) is 0 Å². The molecule has 2 heterocycles. The summed E-state index contributed by atoms with van der Waals surface area (Å²) in [5, 5.41) is 0. The van der Waals surface area contributed by atoms with Crippen LogP contribution in [0.1, 0.15) is 38.5 Å². The molecule has 2 aliphatic rings. The van der Waals surface area contributed by atoms with Gasteiger partial charge in [-0.3, -0.25) is 4.90 Å². The first-order valence-electron chi connectivity index (χ1n) is 6.50. The zero-order chi connectivity index (χ0) is 11.2. The molecule has 0 saturated carbocycles. The van der Waals surface area contributed by atoms with Gasteiger partial charge >= 0.3 is 0 Å². The number of thiocarbonyl (C=S) groups is 1. The van der Waals surface area contributed by atoms with Gasteiger partial charge in [0.05, 0.1) is 5.88 Å². The van der Waals surface area contributed by atoms with E-state index in [1.165, 1.54) is 64.7 Å². The molecule has 2 nitrogen and oxygen atoms in total. The Kier molecular flexibility index (Phi) is 5.39. The minimum Gasteiger partial charge on any atom is -0.357 e. The van der Waals surface area contributed by atoms with Crippen LogP contribution in [-0.4, -0.2) is 46.2 Å². The van der Waals surface area contributed by atoms with Crippen molar-refractivity contribution in [3.63, 3.8) is 0 Å². The molecule has 0 bridgehead atoms. The second-order valence-electron chi connectivity index (χ2n) is 4.77. The highest BCUT2D eigenvalue weighted by molar-refractivity contribution is 8.22. The summed E-state index contributed by atoms with van der Waals surface area (Å²) in [4.78, 5) is 4.94. The molecule has 0 amide bonds. The Bertz CT molecular complexity index is 221. The van der Waals surface area contributed by atoms with E-state index in [9.17, 15) is 0 Å². The molecule has 0 aromatic rings. The zero-order valence-corrected chi connectivity index (χ0v) is 11.6. The number of rotatable bonds is 2. The van der Waals surface area contributed by atoms with Gasteiger partial charge in [0.2, 0.25) is 0 Å².